The summed E-state index contributed by atoms with van der Waals surface area (Å²) in [6, 6.07) is 11.0. The zero-order valence-corrected chi connectivity index (χ0v) is 19.1. The van der Waals surface area contributed by atoms with Crippen LogP contribution in [0.1, 0.15) is 48.2 Å². The molecule has 0 radical (unpaired) electrons. The highest BCUT2D eigenvalue weighted by molar-refractivity contribution is 8.00. The van der Waals surface area contributed by atoms with Gasteiger partial charge in [-0.05, 0) is 81.6 Å². The molecule has 0 atom stereocenters. The molecule has 0 saturated carbocycles. The predicted octanol–water partition coefficient (Wildman–Crippen LogP) is 6.55. The topological polar surface area (TPSA) is 55.1 Å². The number of thioether (sulfide) groups is 1. The number of nitrogens with zero attached hydrogens (tertiary/aromatic N) is 2. The fraction of sp³-hybridized carbons (Fsp3) is 0.333. The molecule has 0 aliphatic carbocycles. The van der Waals surface area contributed by atoms with Gasteiger partial charge in [-0.15, -0.1) is 11.8 Å². The summed E-state index contributed by atoms with van der Waals surface area (Å²) in [5.41, 5.74) is 3.72. The van der Waals surface area contributed by atoms with Crippen molar-refractivity contribution in [3.8, 4) is 5.69 Å². The maximum Gasteiger partial charge on any atom is 0.416 e. The number of alkyl halides is 3. The van der Waals surface area contributed by atoms with Crippen LogP contribution in [0.3, 0.4) is 0 Å². The Balaban J connectivity index is 1.81. The maximum atomic E-state index is 12.8. The van der Waals surface area contributed by atoms with Gasteiger partial charge in [-0.25, -0.2) is 4.68 Å². The number of aromatic nitrogens is 2. The molecular formula is C24H25F3N2O2S. The third-order valence-corrected chi connectivity index (χ3v) is 6.52. The smallest absolute Gasteiger partial charge is 0.416 e. The fourth-order valence-corrected chi connectivity index (χ4v) is 4.86. The van der Waals surface area contributed by atoms with Crippen molar-refractivity contribution in [2.75, 3.05) is 0 Å². The highest BCUT2D eigenvalue weighted by atomic mass is 32.2. The van der Waals surface area contributed by atoms with Crippen LogP contribution < -0.4 is 0 Å². The number of hydrogen-bond acceptors (Lipinski definition) is 3. The molecule has 1 N–H and O–H groups in total. The molecule has 8 heteroatoms. The molecule has 32 heavy (non-hydrogen) atoms. The molecule has 4 nitrogen and oxygen atoms in total. The van der Waals surface area contributed by atoms with Gasteiger partial charge in [0.15, 0.2) is 0 Å². The molecule has 2 aromatic carbocycles. The van der Waals surface area contributed by atoms with Crippen LogP contribution in [0.2, 0.25) is 0 Å². The van der Waals surface area contributed by atoms with Gasteiger partial charge in [-0.1, -0.05) is 6.07 Å². The molecule has 0 fully saturated rings. The van der Waals surface area contributed by atoms with Crippen molar-refractivity contribution in [3.63, 3.8) is 0 Å². The first-order chi connectivity index (χ1) is 14.9. The monoisotopic (exact) mass is 462 g/mol. The van der Waals surface area contributed by atoms with E-state index in [-0.39, 0.29) is 11.2 Å². The molecule has 0 spiro atoms. The van der Waals surface area contributed by atoms with Crippen LogP contribution in [-0.2, 0) is 22.1 Å². The Labute approximate surface area is 189 Å². The minimum atomic E-state index is -4.37. The van der Waals surface area contributed by atoms with Gasteiger partial charge in [0.25, 0.3) is 0 Å². The number of rotatable bonds is 7. The maximum absolute atomic E-state index is 12.8. The van der Waals surface area contributed by atoms with Crippen LogP contribution in [0, 0.1) is 13.8 Å². The van der Waals surface area contributed by atoms with Gasteiger partial charge in [0.1, 0.15) is 0 Å². The van der Waals surface area contributed by atoms with Gasteiger partial charge in [-0.3, -0.25) is 4.79 Å². The van der Waals surface area contributed by atoms with Crippen LogP contribution in [-0.4, -0.2) is 20.9 Å². The van der Waals surface area contributed by atoms with Crippen LogP contribution in [0.4, 0.5) is 13.2 Å². The molecule has 0 aliphatic heterocycles. The molecule has 1 heterocycles. The highest BCUT2D eigenvalue weighted by Crippen LogP contribution is 2.42. The van der Waals surface area contributed by atoms with E-state index in [1.54, 1.807) is 16.4 Å². The number of carboxylic acid groups (broad SMARTS) is 1. The molecule has 170 valence electrons. The van der Waals surface area contributed by atoms with Gasteiger partial charge in [-0.2, -0.15) is 18.3 Å². The fourth-order valence-electron chi connectivity index (χ4n) is 3.59. The average molecular weight is 463 g/mol. The summed E-state index contributed by atoms with van der Waals surface area (Å²) < 4.78 is 39.8. The lowest BCUT2D eigenvalue weighted by Crippen LogP contribution is -2.12. The van der Waals surface area contributed by atoms with Crippen molar-refractivity contribution in [1.29, 1.82) is 0 Å². The standard InChI is InChI=1S/C24H25F3N2O2S/c1-15-13-20(11-5-17(15)6-12-22(30)31)32-23(3,4)21-14-29(28-16(21)2)19-9-7-18(8-10-19)24(25,26)27/h5,7-11,13-14H,6,12H2,1-4H3,(H,30,31). The first-order valence-electron chi connectivity index (χ1n) is 10.1. The summed E-state index contributed by atoms with van der Waals surface area (Å²) >= 11 is 1.66. The number of carbonyl (C=O) groups is 1. The minimum absolute atomic E-state index is 0.0984. The van der Waals surface area contributed by atoms with E-state index in [0.717, 1.165) is 39.4 Å². The van der Waals surface area contributed by atoms with E-state index in [1.165, 1.54) is 12.1 Å². The molecule has 0 saturated heterocycles. The van der Waals surface area contributed by atoms with Gasteiger partial charge in [0, 0.05) is 27.8 Å². The summed E-state index contributed by atoms with van der Waals surface area (Å²) in [7, 11) is 0. The Morgan fingerprint density at radius 3 is 2.31 bits per heavy atom. The number of halogens is 3. The Morgan fingerprint density at radius 2 is 1.75 bits per heavy atom. The number of aryl methyl sites for hydroxylation is 3. The van der Waals surface area contributed by atoms with E-state index >= 15 is 0 Å². The summed E-state index contributed by atoms with van der Waals surface area (Å²) in [6.45, 7) is 8.01. The van der Waals surface area contributed by atoms with Crippen molar-refractivity contribution in [2.24, 2.45) is 0 Å². The van der Waals surface area contributed by atoms with E-state index in [0.29, 0.717) is 12.1 Å². The normalized spacial score (nSPS) is 12.2. The van der Waals surface area contributed by atoms with Crippen molar-refractivity contribution >= 4 is 17.7 Å². The lowest BCUT2D eigenvalue weighted by atomic mass is 10.0. The molecule has 1 aromatic heterocycles. The molecule has 0 amide bonds. The van der Waals surface area contributed by atoms with Crippen molar-refractivity contribution in [3.05, 3.63) is 76.6 Å². The highest BCUT2D eigenvalue weighted by Gasteiger charge is 2.30. The first kappa shape index (κ1) is 23.9. The summed E-state index contributed by atoms with van der Waals surface area (Å²) in [6.07, 6.45) is -1.92. The number of benzene rings is 2. The second kappa shape index (κ2) is 9.02. The Morgan fingerprint density at radius 1 is 1.09 bits per heavy atom. The Hall–Kier alpha value is -2.74. The van der Waals surface area contributed by atoms with Crippen LogP contribution in [0.5, 0.6) is 0 Å². The largest absolute Gasteiger partial charge is 0.481 e. The predicted molar refractivity (Wildman–Crippen MR) is 119 cm³/mol. The van der Waals surface area contributed by atoms with E-state index in [1.807, 2.05) is 32.2 Å². The van der Waals surface area contributed by atoms with Gasteiger partial charge < -0.3 is 5.11 Å². The van der Waals surface area contributed by atoms with Crippen LogP contribution in [0.25, 0.3) is 5.69 Å². The molecule has 0 bridgehead atoms. The van der Waals surface area contributed by atoms with Gasteiger partial charge >= 0.3 is 12.1 Å². The van der Waals surface area contributed by atoms with E-state index < -0.39 is 17.7 Å². The van der Waals surface area contributed by atoms with Crippen molar-refractivity contribution < 1.29 is 23.1 Å². The zero-order chi connectivity index (χ0) is 23.7. The summed E-state index contributed by atoms with van der Waals surface area (Å²) in [5, 5.41) is 13.4. The molecule has 0 aliphatic rings. The quantitative estimate of drug-likeness (QED) is 0.405. The van der Waals surface area contributed by atoms with Gasteiger partial charge in [0.05, 0.1) is 16.9 Å². The number of carboxylic acids is 1. The number of hydrogen-bond donors (Lipinski definition) is 1. The molecule has 3 aromatic rings. The van der Waals surface area contributed by atoms with Crippen LogP contribution in [0.15, 0.2) is 53.6 Å². The summed E-state index contributed by atoms with van der Waals surface area (Å²) in [4.78, 5) is 11.9. The van der Waals surface area contributed by atoms with Crippen LogP contribution >= 0.6 is 11.8 Å². The van der Waals surface area contributed by atoms with Gasteiger partial charge in [0.2, 0.25) is 0 Å². The summed E-state index contributed by atoms with van der Waals surface area (Å²) in [5.74, 6) is -0.815. The third-order valence-electron chi connectivity index (χ3n) is 5.30. The lowest BCUT2D eigenvalue weighted by Gasteiger charge is -2.24. The first-order valence-corrected chi connectivity index (χ1v) is 10.9. The second-order valence-electron chi connectivity index (χ2n) is 8.21. The zero-order valence-electron chi connectivity index (χ0n) is 18.3. The third kappa shape index (κ3) is 5.54. The van der Waals surface area contributed by atoms with Crippen molar-refractivity contribution in [2.45, 2.75) is 56.4 Å². The van der Waals surface area contributed by atoms with E-state index in [4.69, 9.17) is 5.11 Å². The second-order valence-corrected chi connectivity index (χ2v) is 9.91. The molecule has 3 rings (SSSR count). The van der Waals surface area contributed by atoms with E-state index in [2.05, 4.69) is 25.0 Å². The SMILES string of the molecule is Cc1cc(SC(C)(C)c2cn(-c3ccc(C(F)(F)F)cc3)nc2C)ccc1CCC(=O)O. The average Bonchev–Trinajstić information content (AvgIpc) is 3.09. The Kier molecular flexibility index (Phi) is 6.74. The Bertz CT molecular complexity index is 1120. The lowest BCUT2D eigenvalue weighted by molar-refractivity contribution is -0.138. The molecular weight excluding hydrogens is 437 g/mol. The van der Waals surface area contributed by atoms with Crippen molar-refractivity contribution in [1.82, 2.24) is 9.78 Å². The van der Waals surface area contributed by atoms with E-state index in [9.17, 15) is 18.0 Å². The number of aliphatic carboxylic acids is 1. The molecule has 0 unspecified atom stereocenters. The minimum Gasteiger partial charge on any atom is -0.481 e.